The van der Waals surface area contributed by atoms with Crippen LogP contribution in [0.2, 0.25) is 0 Å². The maximum atomic E-state index is 3.64. The van der Waals surface area contributed by atoms with E-state index in [1.807, 2.05) is 11.8 Å². The van der Waals surface area contributed by atoms with Gasteiger partial charge in [0, 0.05) is 21.2 Å². The third kappa shape index (κ3) is 4.48. The van der Waals surface area contributed by atoms with Gasteiger partial charge in [0.25, 0.3) is 0 Å². The van der Waals surface area contributed by atoms with Crippen LogP contribution >= 0.6 is 27.7 Å². The van der Waals surface area contributed by atoms with Crippen LogP contribution in [0.4, 0.5) is 0 Å². The van der Waals surface area contributed by atoms with E-state index >= 15 is 0 Å². The molecular formula is C13H20BrNS. The standard InChI is InChI=1S/C13H20BrNS/c1-4-10(3)16-12-7-6-11(9-15-5-2)13(14)8-12/h6-8,10,15H,4-5,9H2,1-3H3. The minimum absolute atomic E-state index is 0.687. The van der Waals surface area contributed by atoms with E-state index in [1.165, 1.54) is 21.4 Å². The zero-order valence-electron chi connectivity index (χ0n) is 10.2. The molecule has 0 aromatic heterocycles. The summed E-state index contributed by atoms with van der Waals surface area (Å²) in [6.45, 7) is 8.57. The minimum Gasteiger partial charge on any atom is -0.313 e. The molecule has 0 aliphatic carbocycles. The number of rotatable bonds is 6. The molecule has 0 bridgehead atoms. The van der Waals surface area contributed by atoms with Gasteiger partial charge < -0.3 is 5.32 Å². The Hall–Kier alpha value is 0.01000. The smallest absolute Gasteiger partial charge is 0.0231 e. The molecule has 1 unspecified atom stereocenters. The van der Waals surface area contributed by atoms with Crippen molar-refractivity contribution in [1.29, 1.82) is 0 Å². The van der Waals surface area contributed by atoms with E-state index in [0.717, 1.165) is 13.1 Å². The zero-order chi connectivity index (χ0) is 12.0. The highest BCUT2D eigenvalue weighted by Crippen LogP contribution is 2.29. The van der Waals surface area contributed by atoms with Gasteiger partial charge in [-0.05, 0) is 30.7 Å². The van der Waals surface area contributed by atoms with Gasteiger partial charge in [-0.3, -0.25) is 0 Å². The molecule has 1 N–H and O–H groups in total. The summed E-state index contributed by atoms with van der Waals surface area (Å²) >= 11 is 5.58. The molecule has 0 saturated carbocycles. The van der Waals surface area contributed by atoms with E-state index in [0.29, 0.717) is 5.25 Å². The predicted octanol–water partition coefficient (Wildman–Crippen LogP) is 4.45. The Labute approximate surface area is 112 Å². The van der Waals surface area contributed by atoms with Crippen LogP contribution in [0.3, 0.4) is 0 Å². The Kier molecular flexibility index (Phi) is 6.47. The molecule has 0 spiro atoms. The Balaban J connectivity index is 2.66. The SMILES string of the molecule is CCNCc1ccc(SC(C)CC)cc1Br. The number of nitrogens with one attached hydrogen (secondary N) is 1. The quantitative estimate of drug-likeness (QED) is 0.779. The van der Waals surface area contributed by atoms with Crippen molar-refractivity contribution in [2.24, 2.45) is 0 Å². The lowest BCUT2D eigenvalue weighted by molar-refractivity contribution is 0.724. The first-order valence-electron chi connectivity index (χ1n) is 5.83. The van der Waals surface area contributed by atoms with Gasteiger partial charge in [-0.25, -0.2) is 0 Å². The van der Waals surface area contributed by atoms with Crippen LogP contribution in [0, 0.1) is 0 Å². The second-order valence-corrected chi connectivity index (χ2v) is 6.24. The summed E-state index contributed by atoms with van der Waals surface area (Å²) < 4.78 is 1.21. The molecule has 1 rings (SSSR count). The van der Waals surface area contributed by atoms with Gasteiger partial charge in [0.05, 0.1) is 0 Å². The molecule has 0 radical (unpaired) electrons. The van der Waals surface area contributed by atoms with Crippen molar-refractivity contribution in [2.45, 2.75) is 43.9 Å². The lowest BCUT2D eigenvalue weighted by Gasteiger charge is -2.10. The fraction of sp³-hybridized carbons (Fsp3) is 0.538. The molecular weight excluding hydrogens is 282 g/mol. The first kappa shape index (κ1) is 14.1. The van der Waals surface area contributed by atoms with Gasteiger partial charge in [-0.15, -0.1) is 11.8 Å². The van der Waals surface area contributed by atoms with Gasteiger partial charge in [0.15, 0.2) is 0 Å². The van der Waals surface area contributed by atoms with Crippen molar-refractivity contribution in [2.75, 3.05) is 6.54 Å². The zero-order valence-corrected chi connectivity index (χ0v) is 12.6. The molecule has 0 heterocycles. The van der Waals surface area contributed by atoms with Gasteiger partial charge in [0.2, 0.25) is 0 Å². The monoisotopic (exact) mass is 301 g/mol. The summed E-state index contributed by atoms with van der Waals surface area (Å²) in [5.41, 5.74) is 1.33. The highest BCUT2D eigenvalue weighted by Gasteiger charge is 2.05. The molecule has 1 atom stereocenters. The Morgan fingerprint density at radius 2 is 2.12 bits per heavy atom. The van der Waals surface area contributed by atoms with Gasteiger partial charge in [-0.1, -0.05) is 42.8 Å². The molecule has 0 saturated heterocycles. The number of thioether (sulfide) groups is 1. The van der Waals surface area contributed by atoms with Gasteiger partial charge in [0.1, 0.15) is 0 Å². The van der Waals surface area contributed by atoms with Crippen LogP contribution in [0.15, 0.2) is 27.6 Å². The van der Waals surface area contributed by atoms with Crippen LogP contribution < -0.4 is 5.32 Å². The molecule has 0 aliphatic heterocycles. The fourth-order valence-corrected chi connectivity index (χ4v) is 2.95. The van der Waals surface area contributed by atoms with Crippen molar-refractivity contribution >= 4 is 27.7 Å². The third-order valence-electron chi connectivity index (χ3n) is 2.50. The molecule has 0 fully saturated rings. The number of benzene rings is 1. The average molecular weight is 302 g/mol. The molecule has 1 aromatic rings. The van der Waals surface area contributed by atoms with Crippen LogP contribution in [-0.2, 0) is 6.54 Å². The molecule has 1 aromatic carbocycles. The van der Waals surface area contributed by atoms with Crippen LogP contribution in [0.25, 0.3) is 0 Å². The molecule has 0 aliphatic rings. The number of hydrogen-bond donors (Lipinski definition) is 1. The Morgan fingerprint density at radius 1 is 1.38 bits per heavy atom. The van der Waals surface area contributed by atoms with E-state index in [-0.39, 0.29) is 0 Å². The summed E-state index contributed by atoms with van der Waals surface area (Å²) in [4.78, 5) is 1.35. The van der Waals surface area contributed by atoms with Crippen molar-refractivity contribution in [1.82, 2.24) is 5.32 Å². The van der Waals surface area contributed by atoms with E-state index in [4.69, 9.17) is 0 Å². The first-order valence-corrected chi connectivity index (χ1v) is 7.50. The van der Waals surface area contributed by atoms with Crippen LogP contribution in [0.5, 0.6) is 0 Å². The lowest BCUT2D eigenvalue weighted by Crippen LogP contribution is -2.12. The molecule has 3 heteroatoms. The molecule has 0 amide bonds. The summed E-state index contributed by atoms with van der Waals surface area (Å²) in [5, 5.41) is 4.03. The van der Waals surface area contributed by atoms with Crippen molar-refractivity contribution in [3.8, 4) is 0 Å². The summed E-state index contributed by atoms with van der Waals surface area (Å²) in [7, 11) is 0. The molecule has 90 valence electrons. The minimum atomic E-state index is 0.687. The average Bonchev–Trinajstić information content (AvgIpc) is 2.28. The highest BCUT2D eigenvalue weighted by molar-refractivity contribution is 9.10. The maximum Gasteiger partial charge on any atom is 0.0231 e. The topological polar surface area (TPSA) is 12.0 Å². The normalized spacial score (nSPS) is 12.8. The van der Waals surface area contributed by atoms with Gasteiger partial charge in [-0.2, -0.15) is 0 Å². The second kappa shape index (κ2) is 7.36. The molecule has 16 heavy (non-hydrogen) atoms. The van der Waals surface area contributed by atoms with E-state index in [1.54, 1.807) is 0 Å². The predicted molar refractivity (Wildman–Crippen MR) is 77.1 cm³/mol. The molecule has 1 nitrogen and oxygen atoms in total. The fourth-order valence-electron chi connectivity index (χ4n) is 1.32. The van der Waals surface area contributed by atoms with Crippen molar-refractivity contribution in [3.05, 3.63) is 28.2 Å². The summed E-state index contributed by atoms with van der Waals surface area (Å²) in [5.74, 6) is 0. The second-order valence-electron chi connectivity index (χ2n) is 3.87. The third-order valence-corrected chi connectivity index (χ3v) is 4.50. The van der Waals surface area contributed by atoms with Crippen molar-refractivity contribution < 1.29 is 0 Å². The Morgan fingerprint density at radius 3 is 2.69 bits per heavy atom. The highest BCUT2D eigenvalue weighted by atomic mass is 79.9. The lowest BCUT2D eigenvalue weighted by atomic mass is 10.2. The van der Waals surface area contributed by atoms with E-state index in [9.17, 15) is 0 Å². The van der Waals surface area contributed by atoms with Crippen molar-refractivity contribution in [3.63, 3.8) is 0 Å². The van der Waals surface area contributed by atoms with E-state index < -0.39 is 0 Å². The number of hydrogen-bond acceptors (Lipinski definition) is 2. The van der Waals surface area contributed by atoms with Gasteiger partial charge >= 0.3 is 0 Å². The summed E-state index contributed by atoms with van der Waals surface area (Å²) in [6.07, 6.45) is 1.21. The van der Waals surface area contributed by atoms with E-state index in [2.05, 4.69) is 60.2 Å². The number of halogens is 1. The summed E-state index contributed by atoms with van der Waals surface area (Å²) in [6, 6.07) is 6.65. The largest absolute Gasteiger partial charge is 0.313 e. The maximum absolute atomic E-state index is 3.64. The Bertz CT molecular complexity index is 328. The first-order chi connectivity index (χ1) is 7.67. The van der Waals surface area contributed by atoms with Crippen LogP contribution in [-0.4, -0.2) is 11.8 Å². The van der Waals surface area contributed by atoms with Crippen LogP contribution in [0.1, 0.15) is 32.8 Å².